The van der Waals surface area contributed by atoms with Crippen LogP contribution in [0.5, 0.6) is 0 Å². The molecule has 0 aliphatic heterocycles. The third-order valence-corrected chi connectivity index (χ3v) is 4.28. The van der Waals surface area contributed by atoms with Crippen molar-refractivity contribution in [2.75, 3.05) is 20.3 Å². The van der Waals surface area contributed by atoms with E-state index in [0.717, 1.165) is 26.0 Å². The van der Waals surface area contributed by atoms with Crippen LogP contribution in [-0.2, 0) is 4.74 Å². The monoisotopic (exact) mass is 255 g/mol. The summed E-state index contributed by atoms with van der Waals surface area (Å²) in [4.78, 5) is 2.92. The highest BCUT2D eigenvalue weighted by atomic mass is 32.1. The molecule has 0 saturated carbocycles. The molecule has 0 aromatic carbocycles. The second kappa shape index (κ2) is 7.85. The smallest absolute Gasteiger partial charge is 0.0462 e. The van der Waals surface area contributed by atoms with Crippen molar-refractivity contribution in [1.29, 1.82) is 0 Å². The number of nitrogens with one attached hydrogen (secondary N) is 1. The fourth-order valence-electron chi connectivity index (χ4n) is 1.87. The molecule has 1 aromatic rings. The normalized spacial score (nSPS) is 12.9. The van der Waals surface area contributed by atoms with Crippen molar-refractivity contribution in [3.63, 3.8) is 0 Å². The van der Waals surface area contributed by atoms with E-state index < -0.39 is 0 Å². The van der Waals surface area contributed by atoms with E-state index in [2.05, 4.69) is 32.2 Å². The van der Waals surface area contributed by atoms with Crippen molar-refractivity contribution in [3.8, 4) is 0 Å². The van der Waals surface area contributed by atoms with Crippen molar-refractivity contribution >= 4 is 11.3 Å². The van der Waals surface area contributed by atoms with E-state index in [1.807, 2.05) is 11.3 Å². The van der Waals surface area contributed by atoms with Crippen LogP contribution in [0.25, 0.3) is 0 Å². The largest absolute Gasteiger partial charge is 0.385 e. The molecule has 3 heteroatoms. The molecule has 0 aliphatic carbocycles. The van der Waals surface area contributed by atoms with Gasteiger partial charge in [-0.15, -0.1) is 11.3 Å². The SMILES string of the molecule is CCCNC(CCCOC)c1cc(C)c(C)s1. The van der Waals surface area contributed by atoms with Crippen LogP contribution in [0.1, 0.15) is 47.5 Å². The first-order chi connectivity index (χ1) is 8.19. The van der Waals surface area contributed by atoms with E-state index in [1.165, 1.54) is 21.7 Å². The van der Waals surface area contributed by atoms with Crippen LogP contribution in [-0.4, -0.2) is 20.3 Å². The molecule has 0 fully saturated rings. The van der Waals surface area contributed by atoms with Crippen molar-refractivity contribution in [3.05, 3.63) is 21.4 Å². The molecule has 0 amide bonds. The molecule has 1 unspecified atom stereocenters. The number of methoxy groups -OCH3 is 1. The second-order valence-electron chi connectivity index (χ2n) is 4.53. The topological polar surface area (TPSA) is 21.3 Å². The Hall–Kier alpha value is -0.380. The molecule has 0 saturated heterocycles. The second-order valence-corrected chi connectivity index (χ2v) is 5.82. The summed E-state index contributed by atoms with van der Waals surface area (Å²) in [6.07, 6.45) is 3.46. The van der Waals surface area contributed by atoms with Gasteiger partial charge in [-0.1, -0.05) is 6.92 Å². The van der Waals surface area contributed by atoms with Crippen LogP contribution >= 0.6 is 11.3 Å². The zero-order valence-corrected chi connectivity index (χ0v) is 12.3. The Morgan fingerprint density at radius 2 is 2.18 bits per heavy atom. The zero-order chi connectivity index (χ0) is 12.7. The van der Waals surface area contributed by atoms with Crippen LogP contribution in [0.2, 0.25) is 0 Å². The number of thiophene rings is 1. The first kappa shape index (κ1) is 14.7. The summed E-state index contributed by atoms with van der Waals surface area (Å²) >= 11 is 1.93. The fraction of sp³-hybridized carbons (Fsp3) is 0.714. The summed E-state index contributed by atoms with van der Waals surface area (Å²) < 4.78 is 5.14. The first-order valence-corrected chi connectivity index (χ1v) is 7.30. The van der Waals surface area contributed by atoms with Gasteiger partial charge < -0.3 is 10.1 Å². The van der Waals surface area contributed by atoms with Gasteiger partial charge in [0.1, 0.15) is 0 Å². The minimum absolute atomic E-state index is 0.502. The molecule has 1 aromatic heterocycles. The lowest BCUT2D eigenvalue weighted by molar-refractivity contribution is 0.189. The van der Waals surface area contributed by atoms with Gasteiger partial charge in [0.2, 0.25) is 0 Å². The number of hydrogen-bond acceptors (Lipinski definition) is 3. The molecule has 17 heavy (non-hydrogen) atoms. The van der Waals surface area contributed by atoms with Crippen molar-refractivity contribution in [1.82, 2.24) is 5.32 Å². The minimum Gasteiger partial charge on any atom is -0.385 e. The standard InChI is InChI=1S/C14H25NOS/c1-5-8-15-13(7-6-9-16-4)14-10-11(2)12(3)17-14/h10,13,15H,5-9H2,1-4H3. The number of aryl methyl sites for hydroxylation is 2. The fourth-order valence-corrected chi connectivity index (χ4v) is 3.02. The zero-order valence-electron chi connectivity index (χ0n) is 11.5. The maximum Gasteiger partial charge on any atom is 0.0462 e. The third-order valence-electron chi connectivity index (χ3n) is 3.01. The average Bonchev–Trinajstić information content (AvgIpc) is 2.64. The summed E-state index contributed by atoms with van der Waals surface area (Å²) in [5.41, 5.74) is 1.42. The van der Waals surface area contributed by atoms with E-state index in [1.54, 1.807) is 7.11 Å². The Morgan fingerprint density at radius 3 is 2.71 bits per heavy atom. The molecular weight excluding hydrogens is 230 g/mol. The highest BCUT2D eigenvalue weighted by Crippen LogP contribution is 2.29. The summed E-state index contributed by atoms with van der Waals surface area (Å²) in [5, 5.41) is 3.64. The molecule has 1 atom stereocenters. The Bertz CT molecular complexity index is 303. The summed E-state index contributed by atoms with van der Waals surface area (Å²) in [5.74, 6) is 0. The molecule has 0 radical (unpaired) electrons. The highest BCUT2D eigenvalue weighted by Gasteiger charge is 2.13. The quantitative estimate of drug-likeness (QED) is 0.713. The lowest BCUT2D eigenvalue weighted by Crippen LogP contribution is -2.21. The summed E-state index contributed by atoms with van der Waals surface area (Å²) in [6, 6.07) is 2.84. The third kappa shape index (κ3) is 4.78. The van der Waals surface area contributed by atoms with Gasteiger partial charge >= 0.3 is 0 Å². The highest BCUT2D eigenvalue weighted by molar-refractivity contribution is 7.12. The Morgan fingerprint density at radius 1 is 1.41 bits per heavy atom. The molecule has 0 spiro atoms. The van der Waals surface area contributed by atoms with Gasteiger partial charge in [0.25, 0.3) is 0 Å². The van der Waals surface area contributed by atoms with E-state index >= 15 is 0 Å². The maximum atomic E-state index is 5.14. The van der Waals surface area contributed by atoms with Gasteiger partial charge in [-0.3, -0.25) is 0 Å². The Balaban J connectivity index is 2.60. The van der Waals surface area contributed by atoms with Crippen LogP contribution in [0.15, 0.2) is 6.07 Å². The van der Waals surface area contributed by atoms with Crippen molar-refractivity contribution < 1.29 is 4.74 Å². The van der Waals surface area contributed by atoms with Crippen LogP contribution in [0.4, 0.5) is 0 Å². The van der Waals surface area contributed by atoms with Gasteiger partial charge in [-0.05, 0) is 51.3 Å². The molecule has 1 N–H and O–H groups in total. The Labute approximate surface area is 109 Å². The summed E-state index contributed by atoms with van der Waals surface area (Å²) in [6.45, 7) is 8.56. The number of hydrogen-bond donors (Lipinski definition) is 1. The summed E-state index contributed by atoms with van der Waals surface area (Å²) in [7, 11) is 1.77. The molecule has 0 bridgehead atoms. The molecular formula is C14H25NOS. The van der Waals surface area contributed by atoms with Gasteiger partial charge in [0.15, 0.2) is 0 Å². The molecule has 0 aliphatic rings. The molecule has 1 rings (SSSR count). The van der Waals surface area contributed by atoms with Crippen LogP contribution in [0.3, 0.4) is 0 Å². The maximum absolute atomic E-state index is 5.14. The van der Waals surface area contributed by atoms with Gasteiger partial charge in [-0.25, -0.2) is 0 Å². The predicted octanol–water partition coefficient (Wildman–Crippen LogP) is 3.83. The van der Waals surface area contributed by atoms with E-state index in [9.17, 15) is 0 Å². The van der Waals surface area contributed by atoms with E-state index in [0.29, 0.717) is 6.04 Å². The molecule has 1 heterocycles. The average molecular weight is 255 g/mol. The van der Waals surface area contributed by atoms with Gasteiger partial charge in [-0.2, -0.15) is 0 Å². The minimum atomic E-state index is 0.502. The van der Waals surface area contributed by atoms with Crippen molar-refractivity contribution in [2.45, 2.75) is 46.1 Å². The van der Waals surface area contributed by atoms with Crippen LogP contribution < -0.4 is 5.32 Å². The van der Waals surface area contributed by atoms with Gasteiger partial charge in [0, 0.05) is 29.5 Å². The van der Waals surface area contributed by atoms with E-state index in [4.69, 9.17) is 4.74 Å². The van der Waals surface area contributed by atoms with Crippen LogP contribution in [0, 0.1) is 13.8 Å². The van der Waals surface area contributed by atoms with Crippen molar-refractivity contribution in [2.24, 2.45) is 0 Å². The molecule has 98 valence electrons. The number of rotatable bonds is 8. The molecule has 2 nitrogen and oxygen atoms in total. The van der Waals surface area contributed by atoms with E-state index in [-0.39, 0.29) is 0 Å². The first-order valence-electron chi connectivity index (χ1n) is 6.48. The Kier molecular flexibility index (Phi) is 6.78. The van der Waals surface area contributed by atoms with Gasteiger partial charge in [0.05, 0.1) is 0 Å². The lowest BCUT2D eigenvalue weighted by atomic mass is 10.1. The number of ether oxygens (including phenoxy) is 1. The predicted molar refractivity (Wildman–Crippen MR) is 75.9 cm³/mol. The lowest BCUT2D eigenvalue weighted by Gasteiger charge is -2.16.